The molecule has 1 nitrogen and oxygen atoms in total. The van der Waals surface area contributed by atoms with Gasteiger partial charge in [0.2, 0.25) is 0 Å². The highest BCUT2D eigenvalue weighted by molar-refractivity contribution is 6.31. The Kier molecular flexibility index (Phi) is 6.65. The first-order valence-electron chi connectivity index (χ1n) is 2.73. The fraction of sp³-hybridized carbons (Fsp3) is 0.333. The van der Waals surface area contributed by atoms with Crippen LogP contribution in [0.3, 0.4) is 0 Å². The molecular formula is C6H11AlN. The monoisotopic (exact) mass is 124 g/mol. The minimum atomic E-state index is 0.750. The van der Waals surface area contributed by atoms with Crippen LogP contribution >= 0.6 is 0 Å². The summed E-state index contributed by atoms with van der Waals surface area (Å²) in [5.74, 6) is 4.42. The topological polar surface area (TPSA) is 15.8 Å². The van der Waals surface area contributed by atoms with E-state index in [-0.39, 0.29) is 0 Å². The van der Waals surface area contributed by atoms with Crippen molar-refractivity contribution in [1.82, 2.24) is 4.98 Å². The molecule has 0 aromatic carbocycles. The quantitative estimate of drug-likeness (QED) is 0.507. The van der Waals surface area contributed by atoms with E-state index in [9.17, 15) is 0 Å². The van der Waals surface area contributed by atoms with E-state index in [1.165, 1.54) is 0 Å². The average molecular weight is 124 g/mol. The Balaban J connectivity index is 0.000000145. The van der Waals surface area contributed by atoms with Crippen LogP contribution in [0, 0.1) is 0 Å². The molecule has 1 rings (SSSR count). The number of rotatable bonds is 0. The van der Waals surface area contributed by atoms with E-state index in [2.05, 4.69) is 16.6 Å². The average Bonchev–Trinajstić information content (AvgIpc) is 2.17. The van der Waals surface area contributed by atoms with Crippen LogP contribution in [0.15, 0.2) is 24.5 Å². The fourth-order valence-corrected chi connectivity index (χ4v) is 0.278. The summed E-state index contributed by atoms with van der Waals surface area (Å²) < 4.78 is 0. The molecule has 8 heavy (non-hydrogen) atoms. The summed E-state index contributed by atoms with van der Waals surface area (Å²) in [7, 11) is 0. The van der Waals surface area contributed by atoms with Crippen molar-refractivity contribution in [3.8, 4) is 0 Å². The Morgan fingerprint density at radius 2 is 1.50 bits per heavy atom. The lowest BCUT2D eigenvalue weighted by Crippen LogP contribution is -1.53. The third kappa shape index (κ3) is 5.81. The molecule has 0 unspecified atom stereocenters. The van der Waals surface area contributed by atoms with Crippen LogP contribution in [0.1, 0.15) is 0 Å². The molecule has 43 valence electrons. The van der Waals surface area contributed by atoms with Crippen molar-refractivity contribution in [2.24, 2.45) is 0 Å². The highest BCUT2D eigenvalue weighted by Gasteiger charge is 1.55. The first kappa shape index (κ1) is 7.81. The van der Waals surface area contributed by atoms with E-state index in [4.69, 9.17) is 0 Å². The molecule has 0 saturated heterocycles. The molecule has 0 aliphatic heterocycles. The third-order valence-electron chi connectivity index (χ3n) is 0.496. The Morgan fingerprint density at radius 3 is 1.62 bits per heavy atom. The van der Waals surface area contributed by atoms with Crippen molar-refractivity contribution in [1.29, 1.82) is 0 Å². The van der Waals surface area contributed by atoms with Gasteiger partial charge in [0, 0.05) is 12.4 Å². The maximum absolute atomic E-state index is 2.86. The summed E-state index contributed by atoms with van der Waals surface area (Å²) in [4.78, 5) is 2.86. The van der Waals surface area contributed by atoms with Crippen LogP contribution in [0.25, 0.3) is 0 Å². The van der Waals surface area contributed by atoms with Crippen molar-refractivity contribution >= 4 is 15.2 Å². The molecule has 0 amide bonds. The van der Waals surface area contributed by atoms with Gasteiger partial charge in [-0.15, -0.1) is 11.6 Å². The zero-order valence-corrected chi connectivity index (χ0v) is 6.54. The van der Waals surface area contributed by atoms with Gasteiger partial charge in [0.1, 0.15) is 0 Å². The highest BCUT2D eigenvalue weighted by Crippen LogP contribution is 1.72. The number of H-pyrrole nitrogens is 1. The SMILES string of the molecule is [CH3][Al][CH3].c1cc[nH]c1. The Morgan fingerprint density at radius 1 is 1.12 bits per heavy atom. The Labute approximate surface area is 56.8 Å². The first-order valence-corrected chi connectivity index (χ1v) is 5.04. The Hall–Kier alpha value is -0.188. The number of aromatic nitrogens is 1. The normalized spacial score (nSPS) is 6.75. The van der Waals surface area contributed by atoms with Crippen molar-refractivity contribution < 1.29 is 0 Å². The number of aromatic amines is 1. The minimum absolute atomic E-state index is 0.750. The summed E-state index contributed by atoms with van der Waals surface area (Å²) in [6.07, 6.45) is 3.75. The molecule has 1 heterocycles. The molecule has 0 spiro atoms. The van der Waals surface area contributed by atoms with Gasteiger partial charge in [-0.25, -0.2) is 0 Å². The summed E-state index contributed by atoms with van der Waals surface area (Å²) >= 11 is 0.750. The number of hydrogen-bond donors (Lipinski definition) is 1. The predicted octanol–water partition coefficient (Wildman–Crippen LogP) is 1.80. The molecule has 0 atom stereocenters. The van der Waals surface area contributed by atoms with Crippen LogP contribution in [-0.4, -0.2) is 20.2 Å². The third-order valence-corrected chi connectivity index (χ3v) is 0.496. The van der Waals surface area contributed by atoms with Crippen LogP contribution < -0.4 is 0 Å². The molecule has 0 fully saturated rings. The Bertz CT molecular complexity index is 75.4. The summed E-state index contributed by atoms with van der Waals surface area (Å²) in [6, 6.07) is 3.89. The maximum Gasteiger partial charge on any atom is 0.191 e. The van der Waals surface area contributed by atoms with Gasteiger partial charge in [0.15, 0.2) is 15.2 Å². The number of hydrogen-bond acceptors (Lipinski definition) is 0. The van der Waals surface area contributed by atoms with E-state index < -0.39 is 0 Å². The van der Waals surface area contributed by atoms with Gasteiger partial charge >= 0.3 is 0 Å². The molecule has 0 aliphatic carbocycles. The second-order valence-corrected chi connectivity index (χ2v) is 2.62. The van der Waals surface area contributed by atoms with Gasteiger partial charge < -0.3 is 4.98 Å². The standard InChI is InChI=1S/C4H5N.2CH3.Al/c1-2-4-5-3-1;;;/h1-5H;2*1H3;. The van der Waals surface area contributed by atoms with Gasteiger partial charge in [-0.2, -0.15) is 0 Å². The van der Waals surface area contributed by atoms with Crippen molar-refractivity contribution in [3.63, 3.8) is 0 Å². The van der Waals surface area contributed by atoms with Crippen molar-refractivity contribution in [2.45, 2.75) is 11.6 Å². The van der Waals surface area contributed by atoms with E-state index in [1.54, 1.807) is 0 Å². The number of nitrogens with one attached hydrogen (secondary N) is 1. The smallest absolute Gasteiger partial charge is 0.191 e. The maximum atomic E-state index is 2.86. The first-order chi connectivity index (χ1) is 3.91. The van der Waals surface area contributed by atoms with E-state index in [0.717, 1.165) is 15.2 Å². The zero-order chi connectivity index (χ0) is 6.24. The van der Waals surface area contributed by atoms with Crippen molar-refractivity contribution in [3.05, 3.63) is 24.5 Å². The molecule has 1 aromatic rings. The van der Waals surface area contributed by atoms with Crippen LogP contribution in [0.4, 0.5) is 0 Å². The van der Waals surface area contributed by atoms with Crippen LogP contribution in [0.2, 0.25) is 11.6 Å². The van der Waals surface area contributed by atoms with Gasteiger partial charge in [-0.1, -0.05) is 0 Å². The lowest BCUT2D eigenvalue weighted by Gasteiger charge is -1.49. The van der Waals surface area contributed by atoms with Crippen molar-refractivity contribution in [2.75, 3.05) is 0 Å². The van der Waals surface area contributed by atoms with E-state index in [1.807, 2.05) is 24.5 Å². The second kappa shape index (κ2) is 6.81. The summed E-state index contributed by atoms with van der Waals surface area (Å²) in [5, 5.41) is 0. The largest absolute Gasteiger partial charge is 0.368 e. The molecular weight excluding hydrogens is 113 g/mol. The second-order valence-electron chi connectivity index (χ2n) is 1.46. The molecule has 1 N–H and O–H groups in total. The molecule has 1 aromatic heterocycles. The van der Waals surface area contributed by atoms with E-state index >= 15 is 0 Å². The predicted molar refractivity (Wildman–Crippen MR) is 38.3 cm³/mol. The molecule has 0 bridgehead atoms. The lowest BCUT2D eigenvalue weighted by molar-refractivity contribution is 1.42. The zero-order valence-electron chi connectivity index (χ0n) is 5.39. The lowest BCUT2D eigenvalue weighted by atomic mass is 10.7. The molecule has 0 saturated carbocycles. The highest BCUT2D eigenvalue weighted by atomic mass is 27.1. The van der Waals surface area contributed by atoms with Crippen LogP contribution in [-0.2, 0) is 0 Å². The minimum Gasteiger partial charge on any atom is -0.368 e. The fourth-order valence-electron chi connectivity index (χ4n) is 0.278. The molecule has 1 radical (unpaired) electrons. The van der Waals surface area contributed by atoms with Crippen LogP contribution in [0.5, 0.6) is 0 Å². The van der Waals surface area contributed by atoms with E-state index in [0.29, 0.717) is 0 Å². The molecule has 0 aliphatic rings. The molecule has 2 heteroatoms. The van der Waals surface area contributed by atoms with Gasteiger partial charge in [-0.3, -0.25) is 0 Å². The van der Waals surface area contributed by atoms with Gasteiger partial charge in [0.05, 0.1) is 0 Å². The summed E-state index contributed by atoms with van der Waals surface area (Å²) in [5.41, 5.74) is 0. The van der Waals surface area contributed by atoms with Gasteiger partial charge in [-0.05, 0) is 12.1 Å². The summed E-state index contributed by atoms with van der Waals surface area (Å²) in [6.45, 7) is 0. The van der Waals surface area contributed by atoms with Gasteiger partial charge in [0.25, 0.3) is 0 Å².